The van der Waals surface area contributed by atoms with Crippen LogP contribution in [0.25, 0.3) is 22.6 Å². The molecule has 2 aromatic heterocycles. The quantitative estimate of drug-likeness (QED) is 0.734. The Balaban J connectivity index is 1.76. The molecule has 1 aliphatic rings. The second-order valence-electron chi connectivity index (χ2n) is 6.31. The van der Waals surface area contributed by atoms with Crippen molar-refractivity contribution >= 4 is 17.4 Å². The Hall–Kier alpha value is -2.52. The molecule has 4 rings (SSSR count). The molecule has 1 atom stereocenters. The molecular weight excluding hydrogens is 377 g/mol. The van der Waals surface area contributed by atoms with Crippen LogP contribution in [0.5, 0.6) is 0 Å². The number of nitrogens with zero attached hydrogens (tertiary/aromatic N) is 4. The van der Waals surface area contributed by atoms with Gasteiger partial charge in [-0.15, -0.1) is 0 Å². The number of benzene rings is 1. The molecule has 140 valence electrons. The summed E-state index contributed by atoms with van der Waals surface area (Å²) in [5.74, 6) is 1.09. The number of aromatic nitrogens is 3. The summed E-state index contributed by atoms with van der Waals surface area (Å²) in [6, 6.07) is 6.64. The Bertz CT molecular complexity index is 929. The average Bonchev–Trinajstić information content (AvgIpc) is 3.32. The predicted octanol–water partition coefficient (Wildman–Crippen LogP) is 3.86. The molecule has 0 bridgehead atoms. The number of hydrogen-bond acceptors (Lipinski definition) is 6. The number of alkyl halides is 3. The highest BCUT2D eigenvalue weighted by molar-refractivity contribution is 7.03. The number of aliphatic hydroxyl groups is 1. The second-order valence-corrected chi connectivity index (χ2v) is 6.97. The molecule has 5 nitrogen and oxygen atoms in total. The van der Waals surface area contributed by atoms with Crippen LogP contribution in [0, 0.1) is 0 Å². The minimum atomic E-state index is -4.38. The zero-order chi connectivity index (χ0) is 19.0. The number of hydrogen-bond donors (Lipinski definition) is 1. The average molecular weight is 392 g/mol. The Morgan fingerprint density at radius 2 is 1.89 bits per heavy atom. The number of β-amino-alcohol motifs (C(OH)–C–C–N with tert-alkyl or cyclic N) is 1. The number of rotatable bonds is 3. The molecule has 1 unspecified atom stereocenters. The van der Waals surface area contributed by atoms with Crippen LogP contribution in [-0.2, 0) is 6.18 Å². The molecule has 0 amide bonds. The van der Waals surface area contributed by atoms with Gasteiger partial charge in [0.15, 0.2) is 5.82 Å². The van der Waals surface area contributed by atoms with Crippen molar-refractivity contribution in [2.75, 3.05) is 18.0 Å². The number of aliphatic hydroxyl groups excluding tert-OH is 1. The smallest absolute Gasteiger partial charge is 0.391 e. The van der Waals surface area contributed by atoms with Crippen molar-refractivity contribution in [3.8, 4) is 22.6 Å². The first-order valence-corrected chi connectivity index (χ1v) is 9.13. The summed E-state index contributed by atoms with van der Waals surface area (Å²) in [6.07, 6.45) is -2.50. The summed E-state index contributed by atoms with van der Waals surface area (Å²) < 4.78 is 42.5. The van der Waals surface area contributed by atoms with Crippen molar-refractivity contribution < 1.29 is 18.3 Å². The van der Waals surface area contributed by atoms with Crippen LogP contribution in [0.3, 0.4) is 0 Å². The molecule has 3 aromatic rings. The van der Waals surface area contributed by atoms with Crippen LogP contribution >= 0.6 is 11.5 Å². The van der Waals surface area contributed by atoms with Gasteiger partial charge in [-0.05, 0) is 30.1 Å². The fourth-order valence-electron chi connectivity index (χ4n) is 2.97. The molecule has 1 saturated heterocycles. The summed E-state index contributed by atoms with van der Waals surface area (Å²) in [5, 5.41) is 11.6. The molecule has 0 aliphatic carbocycles. The highest BCUT2D eigenvalue weighted by Gasteiger charge is 2.30. The van der Waals surface area contributed by atoms with Crippen LogP contribution in [-0.4, -0.2) is 38.6 Å². The van der Waals surface area contributed by atoms with Crippen LogP contribution in [0.4, 0.5) is 19.0 Å². The van der Waals surface area contributed by atoms with Gasteiger partial charge in [-0.25, -0.2) is 14.3 Å². The SMILES string of the molecule is OC1CCN(c2cc(-c3ccc(C(F)(F)F)cc3)nc(-c3cnsc3)n2)C1. The lowest BCUT2D eigenvalue weighted by Crippen LogP contribution is -2.22. The Morgan fingerprint density at radius 3 is 2.48 bits per heavy atom. The molecule has 1 aliphatic heterocycles. The largest absolute Gasteiger partial charge is 0.416 e. The normalized spacial score (nSPS) is 17.5. The van der Waals surface area contributed by atoms with E-state index in [0.29, 0.717) is 42.4 Å². The van der Waals surface area contributed by atoms with Crippen molar-refractivity contribution in [2.24, 2.45) is 0 Å². The fourth-order valence-corrected chi connectivity index (χ4v) is 3.48. The molecule has 1 fully saturated rings. The van der Waals surface area contributed by atoms with Gasteiger partial charge in [0.2, 0.25) is 0 Å². The highest BCUT2D eigenvalue weighted by atomic mass is 32.1. The van der Waals surface area contributed by atoms with Gasteiger partial charge in [-0.2, -0.15) is 13.2 Å². The van der Waals surface area contributed by atoms with Gasteiger partial charge in [-0.3, -0.25) is 0 Å². The molecule has 27 heavy (non-hydrogen) atoms. The maximum atomic E-state index is 12.8. The van der Waals surface area contributed by atoms with Gasteiger partial charge in [0.05, 0.1) is 29.1 Å². The van der Waals surface area contributed by atoms with E-state index in [0.717, 1.165) is 17.7 Å². The first-order chi connectivity index (χ1) is 12.9. The number of halogens is 3. The second kappa shape index (κ2) is 6.90. The Morgan fingerprint density at radius 1 is 1.11 bits per heavy atom. The lowest BCUT2D eigenvalue weighted by molar-refractivity contribution is -0.137. The third kappa shape index (κ3) is 3.79. The minimum absolute atomic E-state index is 0.416. The maximum Gasteiger partial charge on any atom is 0.416 e. The van der Waals surface area contributed by atoms with Gasteiger partial charge in [0.1, 0.15) is 5.82 Å². The van der Waals surface area contributed by atoms with E-state index in [2.05, 4.69) is 14.3 Å². The van der Waals surface area contributed by atoms with Crippen molar-refractivity contribution in [3.63, 3.8) is 0 Å². The van der Waals surface area contributed by atoms with Crippen molar-refractivity contribution in [3.05, 3.63) is 47.5 Å². The van der Waals surface area contributed by atoms with E-state index < -0.39 is 17.8 Å². The van der Waals surface area contributed by atoms with Crippen LogP contribution in [0.15, 0.2) is 41.9 Å². The molecule has 0 saturated carbocycles. The summed E-state index contributed by atoms with van der Waals surface area (Å²) in [4.78, 5) is 11.0. The molecule has 3 heterocycles. The molecule has 9 heteroatoms. The van der Waals surface area contributed by atoms with E-state index in [1.54, 1.807) is 12.3 Å². The van der Waals surface area contributed by atoms with Crippen LogP contribution in [0.1, 0.15) is 12.0 Å². The molecular formula is C18H15F3N4OS. The van der Waals surface area contributed by atoms with Gasteiger partial charge < -0.3 is 10.0 Å². The highest BCUT2D eigenvalue weighted by Crippen LogP contribution is 2.32. The molecule has 1 aromatic carbocycles. The van der Waals surface area contributed by atoms with Gasteiger partial charge >= 0.3 is 6.18 Å². The first kappa shape index (κ1) is 17.9. The Labute approximate surface area is 157 Å². The predicted molar refractivity (Wildman–Crippen MR) is 96.4 cm³/mol. The lowest BCUT2D eigenvalue weighted by atomic mass is 10.1. The van der Waals surface area contributed by atoms with Crippen molar-refractivity contribution in [1.29, 1.82) is 0 Å². The van der Waals surface area contributed by atoms with Crippen LogP contribution in [0.2, 0.25) is 0 Å². The zero-order valence-electron chi connectivity index (χ0n) is 14.0. The number of anilines is 1. The van der Waals surface area contributed by atoms with E-state index in [-0.39, 0.29) is 0 Å². The molecule has 0 spiro atoms. The summed E-state index contributed by atoms with van der Waals surface area (Å²) in [5.41, 5.74) is 1.13. The molecule has 1 N–H and O–H groups in total. The van der Waals surface area contributed by atoms with E-state index in [1.807, 2.05) is 10.3 Å². The minimum Gasteiger partial charge on any atom is -0.391 e. The fraction of sp³-hybridized carbons (Fsp3) is 0.278. The lowest BCUT2D eigenvalue weighted by Gasteiger charge is -2.18. The molecule has 0 radical (unpaired) electrons. The van der Waals surface area contributed by atoms with Crippen LogP contribution < -0.4 is 4.90 Å². The zero-order valence-corrected chi connectivity index (χ0v) is 14.8. The first-order valence-electron chi connectivity index (χ1n) is 8.29. The summed E-state index contributed by atoms with van der Waals surface area (Å²) in [7, 11) is 0. The Kier molecular flexibility index (Phi) is 4.56. The topological polar surface area (TPSA) is 62.1 Å². The van der Waals surface area contributed by atoms with E-state index in [9.17, 15) is 18.3 Å². The van der Waals surface area contributed by atoms with E-state index in [4.69, 9.17) is 0 Å². The van der Waals surface area contributed by atoms with E-state index in [1.165, 1.54) is 23.7 Å². The van der Waals surface area contributed by atoms with Gasteiger partial charge in [0.25, 0.3) is 0 Å². The van der Waals surface area contributed by atoms with E-state index >= 15 is 0 Å². The van der Waals surface area contributed by atoms with Gasteiger partial charge in [0, 0.05) is 30.1 Å². The monoisotopic (exact) mass is 392 g/mol. The maximum absolute atomic E-state index is 12.8. The van der Waals surface area contributed by atoms with Crippen molar-refractivity contribution in [1.82, 2.24) is 14.3 Å². The standard InChI is InChI=1S/C18H15F3N4OS/c19-18(20,21)13-3-1-11(2-4-13)15-7-16(25-6-5-14(26)9-25)24-17(23-15)12-8-22-27-10-12/h1-4,7-8,10,14,26H,5-6,9H2. The summed E-state index contributed by atoms with van der Waals surface area (Å²) in [6.45, 7) is 1.12. The van der Waals surface area contributed by atoms with Gasteiger partial charge in [-0.1, -0.05) is 12.1 Å². The third-order valence-electron chi connectivity index (χ3n) is 4.40. The summed E-state index contributed by atoms with van der Waals surface area (Å²) >= 11 is 1.27. The third-order valence-corrected chi connectivity index (χ3v) is 4.98. The van der Waals surface area contributed by atoms with Crippen molar-refractivity contribution in [2.45, 2.75) is 18.7 Å².